The molecule has 2 rings (SSSR count). The van der Waals surface area contributed by atoms with Crippen LogP contribution in [0.15, 0.2) is 28.7 Å². The number of hydrogen-bond acceptors (Lipinski definition) is 3. The summed E-state index contributed by atoms with van der Waals surface area (Å²) in [7, 11) is 0. The molecule has 1 atom stereocenters. The molecule has 1 aromatic carbocycles. The highest BCUT2D eigenvalue weighted by atomic mass is 79.9. The smallest absolute Gasteiger partial charge is 0.120 e. The zero-order valence-electron chi connectivity index (χ0n) is 11.8. The Bertz CT molecular complexity index is 413. The van der Waals surface area contributed by atoms with Crippen molar-refractivity contribution in [1.82, 2.24) is 10.2 Å². The average molecular weight is 327 g/mol. The second-order valence-electron chi connectivity index (χ2n) is 5.42. The van der Waals surface area contributed by atoms with Gasteiger partial charge in [-0.2, -0.15) is 0 Å². The first-order chi connectivity index (χ1) is 9.11. The van der Waals surface area contributed by atoms with Gasteiger partial charge in [-0.05, 0) is 31.5 Å². The molecule has 19 heavy (non-hydrogen) atoms. The third-order valence-electron chi connectivity index (χ3n) is 3.81. The summed E-state index contributed by atoms with van der Waals surface area (Å²) in [6, 6.07) is 8.01. The molecule has 0 bridgehead atoms. The van der Waals surface area contributed by atoms with Gasteiger partial charge in [-0.15, -0.1) is 0 Å². The summed E-state index contributed by atoms with van der Waals surface area (Å²) in [5, 5.41) is 3.60. The van der Waals surface area contributed by atoms with E-state index in [-0.39, 0.29) is 5.54 Å². The Labute approximate surface area is 124 Å². The highest BCUT2D eigenvalue weighted by Crippen LogP contribution is 2.18. The van der Waals surface area contributed by atoms with Gasteiger partial charge >= 0.3 is 0 Å². The van der Waals surface area contributed by atoms with Crippen molar-refractivity contribution in [1.29, 1.82) is 0 Å². The number of ether oxygens (including phenoxy) is 1. The molecule has 0 saturated carbocycles. The van der Waals surface area contributed by atoms with Crippen molar-refractivity contribution in [3.8, 4) is 5.75 Å². The molecule has 106 valence electrons. The van der Waals surface area contributed by atoms with Gasteiger partial charge in [0, 0.05) is 36.2 Å². The number of piperazine rings is 1. The molecule has 4 heteroatoms. The summed E-state index contributed by atoms with van der Waals surface area (Å²) in [5.74, 6) is 0.933. The summed E-state index contributed by atoms with van der Waals surface area (Å²) < 4.78 is 6.86. The van der Waals surface area contributed by atoms with Crippen LogP contribution in [0.4, 0.5) is 0 Å². The number of halogens is 1. The van der Waals surface area contributed by atoms with Crippen LogP contribution in [0.1, 0.15) is 20.3 Å². The zero-order valence-corrected chi connectivity index (χ0v) is 13.4. The molecule has 0 radical (unpaired) electrons. The second-order valence-corrected chi connectivity index (χ2v) is 6.34. The van der Waals surface area contributed by atoms with Gasteiger partial charge in [-0.3, -0.25) is 4.90 Å². The van der Waals surface area contributed by atoms with Crippen molar-refractivity contribution in [2.24, 2.45) is 0 Å². The third kappa shape index (κ3) is 4.48. The number of benzene rings is 1. The predicted molar refractivity (Wildman–Crippen MR) is 82.8 cm³/mol. The van der Waals surface area contributed by atoms with Crippen molar-refractivity contribution >= 4 is 15.9 Å². The lowest BCUT2D eigenvalue weighted by Gasteiger charge is -2.41. The lowest BCUT2D eigenvalue weighted by atomic mass is 9.96. The van der Waals surface area contributed by atoms with Crippen LogP contribution >= 0.6 is 15.9 Å². The first kappa shape index (κ1) is 14.8. The first-order valence-corrected chi connectivity index (χ1v) is 7.76. The minimum atomic E-state index is 0.258. The van der Waals surface area contributed by atoms with Crippen LogP contribution in [0.3, 0.4) is 0 Å². The van der Waals surface area contributed by atoms with Gasteiger partial charge in [-0.1, -0.05) is 28.9 Å². The van der Waals surface area contributed by atoms with E-state index in [9.17, 15) is 0 Å². The fourth-order valence-corrected chi connectivity index (χ4v) is 2.80. The van der Waals surface area contributed by atoms with Crippen LogP contribution in [-0.4, -0.2) is 43.2 Å². The van der Waals surface area contributed by atoms with Crippen LogP contribution in [0, 0.1) is 0 Å². The van der Waals surface area contributed by atoms with E-state index < -0.39 is 0 Å². The molecule has 1 aromatic rings. The number of nitrogens with zero attached hydrogens (tertiary/aromatic N) is 1. The minimum Gasteiger partial charge on any atom is -0.492 e. The minimum absolute atomic E-state index is 0.258. The maximum Gasteiger partial charge on any atom is 0.120 e. The van der Waals surface area contributed by atoms with Crippen molar-refractivity contribution in [2.75, 3.05) is 32.8 Å². The van der Waals surface area contributed by atoms with Gasteiger partial charge in [0.2, 0.25) is 0 Å². The molecule has 0 spiro atoms. The van der Waals surface area contributed by atoms with E-state index in [1.54, 1.807) is 0 Å². The topological polar surface area (TPSA) is 24.5 Å². The molecule has 1 N–H and O–H groups in total. The first-order valence-electron chi connectivity index (χ1n) is 6.97. The Morgan fingerprint density at radius 1 is 1.47 bits per heavy atom. The van der Waals surface area contributed by atoms with Crippen LogP contribution in [0.2, 0.25) is 0 Å². The fraction of sp³-hybridized carbons (Fsp3) is 0.600. The van der Waals surface area contributed by atoms with Crippen molar-refractivity contribution in [2.45, 2.75) is 25.8 Å². The molecule has 1 aliphatic heterocycles. The van der Waals surface area contributed by atoms with E-state index in [4.69, 9.17) is 4.74 Å². The van der Waals surface area contributed by atoms with E-state index in [0.717, 1.165) is 49.4 Å². The van der Waals surface area contributed by atoms with Gasteiger partial charge in [-0.25, -0.2) is 0 Å². The Balaban J connectivity index is 1.76. The Morgan fingerprint density at radius 3 is 3.05 bits per heavy atom. The van der Waals surface area contributed by atoms with Gasteiger partial charge < -0.3 is 10.1 Å². The molecule has 3 nitrogen and oxygen atoms in total. The molecular weight excluding hydrogens is 304 g/mol. The monoisotopic (exact) mass is 326 g/mol. The molecule has 1 heterocycles. The van der Waals surface area contributed by atoms with Crippen LogP contribution in [0.25, 0.3) is 0 Å². The molecule has 1 aliphatic rings. The van der Waals surface area contributed by atoms with Crippen LogP contribution < -0.4 is 10.1 Å². The molecule has 1 fully saturated rings. The summed E-state index contributed by atoms with van der Waals surface area (Å²) in [4.78, 5) is 2.48. The highest BCUT2D eigenvalue weighted by Gasteiger charge is 2.28. The fourth-order valence-electron chi connectivity index (χ4n) is 2.42. The molecular formula is C15H23BrN2O. The molecule has 1 unspecified atom stereocenters. The number of rotatable bonds is 5. The van der Waals surface area contributed by atoms with E-state index in [1.807, 2.05) is 24.3 Å². The lowest BCUT2D eigenvalue weighted by molar-refractivity contribution is 0.121. The van der Waals surface area contributed by atoms with Gasteiger partial charge in [0.1, 0.15) is 12.4 Å². The van der Waals surface area contributed by atoms with E-state index in [0.29, 0.717) is 0 Å². The van der Waals surface area contributed by atoms with E-state index in [1.165, 1.54) is 0 Å². The third-order valence-corrected chi connectivity index (χ3v) is 4.30. The number of hydrogen-bond donors (Lipinski definition) is 1. The number of nitrogens with one attached hydrogen (secondary N) is 1. The molecule has 0 amide bonds. The quantitative estimate of drug-likeness (QED) is 0.900. The second kappa shape index (κ2) is 6.73. The summed E-state index contributed by atoms with van der Waals surface area (Å²) >= 11 is 3.46. The Kier molecular flexibility index (Phi) is 5.25. The molecule has 1 saturated heterocycles. The summed E-state index contributed by atoms with van der Waals surface area (Å²) in [6.07, 6.45) is 1.16. The Hall–Kier alpha value is -0.580. The largest absolute Gasteiger partial charge is 0.492 e. The molecule has 0 aliphatic carbocycles. The average Bonchev–Trinajstić information content (AvgIpc) is 2.39. The maximum absolute atomic E-state index is 5.80. The van der Waals surface area contributed by atoms with Gasteiger partial charge in [0.15, 0.2) is 0 Å². The zero-order chi connectivity index (χ0) is 13.7. The highest BCUT2D eigenvalue weighted by molar-refractivity contribution is 9.10. The van der Waals surface area contributed by atoms with Crippen molar-refractivity contribution < 1.29 is 4.74 Å². The lowest BCUT2D eigenvalue weighted by Crippen LogP contribution is -2.58. The van der Waals surface area contributed by atoms with E-state index in [2.05, 4.69) is 40.0 Å². The predicted octanol–water partition coefficient (Wildman–Crippen LogP) is 2.90. The normalized spacial score (nSPS) is 24.4. The summed E-state index contributed by atoms with van der Waals surface area (Å²) in [6.45, 7) is 9.56. The SMILES string of the molecule is CCC1(C)CN(CCOc2cccc(Br)c2)CCN1. The Morgan fingerprint density at radius 2 is 2.32 bits per heavy atom. The van der Waals surface area contributed by atoms with Gasteiger partial charge in [0.25, 0.3) is 0 Å². The summed E-state index contributed by atoms with van der Waals surface area (Å²) in [5.41, 5.74) is 0.258. The maximum atomic E-state index is 5.80. The van der Waals surface area contributed by atoms with Crippen LogP contribution in [-0.2, 0) is 0 Å². The molecule has 0 aromatic heterocycles. The van der Waals surface area contributed by atoms with Crippen molar-refractivity contribution in [3.05, 3.63) is 28.7 Å². The standard InChI is InChI=1S/C15H23BrN2O/c1-3-15(2)12-18(8-7-17-15)9-10-19-14-6-4-5-13(16)11-14/h4-6,11,17H,3,7-10,12H2,1-2H3. The van der Waals surface area contributed by atoms with E-state index >= 15 is 0 Å². The van der Waals surface area contributed by atoms with Gasteiger partial charge in [0.05, 0.1) is 0 Å². The van der Waals surface area contributed by atoms with Crippen molar-refractivity contribution in [3.63, 3.8) is 0 Å². The van der Waals surface area contributed by atoms with Crippen LogP contribution in [0.5, 0.6) is 5.75 Å².